The molecule has 0 N–H and O–H groups in total. The summed E-state index contributed by atoms with van der Waals surface area (Å²) in [6.07, 6.45) is 5.07. The zero-order valence-corrected chi connectivity index (χ0v) is 15.6. The van der Waals surface area contributed by atoms with Crippen LogP contribution in [0.2, 0.25) is 0 Å². The molecule has 1 aromatic carbocycles. The predicted octanol–water partition coefficient (Wildman–Crippen LogP) is 3.83. The Kier molecular flexibility index (Phi) is 5.36. The average molecular weight is 333 g/mol. The minimum Gasteiger partial charge on any atom is -0.493 e. The molecule has 1 aromatic rings. The molecule has 4 heteroatoms. The van der Waals surface area contributed by atoms with Crippen molar-refractivity contribution in [3.8, 4) is 11.5 Å². The van der Waals surface area contributed by atoms with Crippen molar-refractivity contribution >= 4 is 0 Å². The quantitative estimate of drug-likeness (QED) is 0.838. The van der Waals surface area contributed by atoms with Gasteiger partial charge in [0.15, 0.2) is 11.5 Å². The molecule has 2 aliphatic rings. The summed E-state index contributed by atoms with van der Waals surface area (Å²) in [5.74, 6) is 1.61. The van der Waals surface area contributed by atoms with Gasteiger partial charge in [-0.1, -0.05) is 20.3 Å². The first-order valence-corrected chi connectivity index (χ1v) is 9.11. The third-order valence-corrected chi connectivity index (χ3v) is 5.21. The van der Waals surface area contributed by atoms with E-state index in [1.54, 1.807) is 14.2 Å². The minimum absolute atomic E-state index is 0.111. The average Bonchev–Trinajstić information content (AvgIpc) is 2.70. The van der Waals surface area contributed by atoms with Crippen LogP contribution in [0.15, 0.2) is 12.1 Å². The molecule has 0 radical (unpaired) electrons. The van der Waals surface area contributed by atoms with Gasteiger partial charge >= 0.3 is 0 Å². The normalized spacial score (nSPS) is 24.1. The summed E-state index contributed by atoms with van der Waals surface area (Å²) in [6.45, 7) is 8.68. The maximum absolute atomic E-state index is 6.38. The van der Waals surface area contributed by atoms with Crippen LogP contribution in [0.3, 0.4) is 0 Å². The van der Waals surface area contributed by atoms with Crippen molar-refractivity contribution in [3.05, 3.63) is 23.3 Å². The van der Waals surface area contributed by atoms with Crippen LogP contribution in [-0.4, -0.2) is 45.4 Å². The summed E-state index contributed by atoms with van der Waals surface area (Å²) in [5.41, 5.74) is 2.73. The fraction of sp³-hybridized carbons (Fsp3) is 0.700. The molecule has 1 unspecified atom stereocenters. The van der Waals surface area contributed by atoms with Gasteiger partial charge in [-0.2, -0.15) is 0 Å². The molecule has 1 atom stereocenters. The zero-order valence-electron chi connectivity index (χ0n) is 15.6. The van der Waals surface area contributed by atoms with E-state index in [-0.39, 0.29) is 11.5 Å². The first-order chi connectivity index (χ1) is 11.5. The fourth-order valence-electron chi connectivity index (χ4n) is 3.90. The van der Waals surface area contributed by atoms with Crippen LogP contribution in [0, 0.1) is 5.41 Å². The van der Waals surface area contributed by atoms with Crippen LogP contribution in [0.5, 0.6) is 11.5 Å². The molecule has 4 nitrogen and oxygen atoms in total. The standard InChI is InChI=1S/C20H31NO3/c1-20(2)12-15-10-17(22-3)18(23-4)11-16(15)19(24-14-20)13-21-8-6-5-7-9-21/h10-11,19H,5-9,12-14H2,1-4H3. The molecule has 1 saturated heterocycles. The predicted molar refractivity (Wildman–Crippen MR) is 96.0 cm³/mol. The number of nitrogens with zero attached hydrogens (tertiary/aromatic N) is 1. The van der Waals surface area contributed by atoms with Crippen molar-refractivity contribution in [2.75, 3.05) is 40.5 Å². The SMILES string of the molecule is COc1cc2c(cc1OC)C(CN1CCCCC1)OCC(C)(C)C2. The Bertz CT molecular complexity index is 564. The Morgan fingerprint density at radius 2 is 1.75 bits per heavy atom. The summed E-state index contributed by atoms with van der Waals surface area (Å²) in [5, 5.41) is 0. The molecule has 0 aliphatic carbocycles. The third-order valence-electron chi connectivity index (χ3n) is 5.21. The molecule has 134 valence electrons. The number of hydrogen-bond acceptors (Lipinski definition) is 4. The number of likely N-dealkylation sites (tertiary alicyclic amines) is 1. The van der Waals surface area contributed by atoms with E-state index in [1.807, 2.05) is 0 Å². The first kappa shape index (κ1) is 17.6. The lowest BCUT2D eigenvalue weighted by molar-refractivity contribution is -0.0110. The summed E-state index contributed by atoms with van der Waals surface area (Å²) < 4.78 is 17.4. The van der Waals surface area contributed by atoms with E-state index in [1.165, 1.54) is 43.5 Å². The first-order valence-electron chi connectivity index (χ1n) is 9.11. The number of fused-ring (bicyclic) bond motifs is 1. The van der Waals surface area contributed by atoms with Gasteiger partial charge in [-0.15, -0.1) is 0 Å². The Hall–Kier alpha value is -1.26. The van der Waals surface area contributed by atoms with Crippen LogP contribution in [0.4, 0.5) is 0 Å². The second-order valence-corrected chi connectivity index (χ2v) is 7.91. The number of ether oxygens (including phenoxy) is 3. The lowest BCUT2D eigenvalue weighted by Gasteiger charge is -2.31. The van der Waals surface area contributed by atoms with E-state index < -0.39 is 0 Å². The number of rotatable bonds is 4. The van der Waals surface area contributed by atoms with E-state index in [4.69, 9.17) is 14.2 Å². The molecule has 0 amide bonds. The second-order valence-electron chi connectivity index (χ2n) is 7.91. The van der Waals surface area contributed by atoms with Crippen molar-refractivity contribution in [1.82, 2.24) is 4.90 Å². The highest BCUT2D eigenvalue weighted by Gasteiger charge is 2.31. The zero-order chi connectivity index (χ0) is 17.2. The molecular formula is C20H31NO3. The number of methoxy groups -OCH3 is 2. The largest absolute Gasteiger partial charge is 0.493 e. The van der Waals surface area contributed by atoms with Crippen molar-refractivity contribution in [1.29, 1.82) is 0 Å². The summed E-state index contributed by atoms with van der Waals surface area (Å²) in [4.78, 5) is 2.55. The highest BCUT2D eigenvalue weighted by Crippen LogP contribution is 2.40. The molecule has 1 fully saturated rings. The highest BCUT2D eigenvalue weighted by molar-refractivity contribution is 5.49. The smallest absolute Gasteiger partial charge is 0.161 e. The Morgan fingerprint density at radius 3 is 2.42 bits per heavy atom. The van der Waals surface area contributed by atoms with E-state index >= 15 is 0 Å². The van der Waals surface area contributed by atoms with E-state index in [0.29, 0.717) is 0 Å². The Balaban J connectivity index is 1.93. The monoisotopic (exact) mass is 333 g/mol. The van der Waals surface area contributed by atoms with Crippen LogP contribution in [0.1, 0.15) is 50.3 Å². The van der Waals surface area contributed by atoms with Gasteiger partial charge in [0.1, 0.15) is 0 Å². The third kappa shape index (κ3) is 3.86. The van der Waals surface area contributed by atoms with Crippen LogP contribution < -0.4 is 9.47 Å². The maximum atomic E-state index is 6.38. The second kappa shape index (κ2) is 7.32. The Morgan fingerprint density at radius 1 is 1.08 bits per heavy atom. The van der Waals surface area contributed by atoms with Gasteiger partial charge < -0.3 is 19.1 Å². The van der Waals surface area contributed by atoms with Crippen molar-refractivity contribution < 1.29 is 14.2 Å². The van der Waals surface area contributed by atoms with Gasteiger partial charge in [0.25, 0.3) is 0 Å². The molecule has 0 aromatic heterocycles. The molecule has 0 bridgehead atoms. The molecule has 24 heavy (non-hydrogen) atoms. The molecule has 0 saturated carbocycles. The van der Waals surface area contributed by atoms with Crippen molar-refractivity contribution in [3.63, 3.8) is 0 Å². The van der Waals surface area contributed by atoms with Gasteiger partial charge in [-0.05, 0) is 61.0 Å². The van der Waals surface area contributed by atoms with Gasteiger partial charge in [0.05, 0.1) is 26.9 Å². The Labute approximate surface area is 146 Å². The minimum atomic E-state index is 0.111. The number of benzene rings is 1. The fourth-order valence-corrected chi connectivity index (χ4v) is 3.90. The maximum Gasteiger partial charge on any atom is 0.161 e. The van der Waals surface area contributed by atoms with Crippen LogP contribution in [-0.2, 0) is 11.2 Å². The lowest BCUT2D eigenvalue weighted by Crippen LogP contribution is -2.34. The van der Waals surface area contributed by atoms with Crippen LogP contribution >= 0.6 is 0 Å². The van der Waals surface area contributed by atoms with E-state index in [9.17, 15) is 0 Å². The molecule has 0 spiro atoms. The summed E-state index contributed by atoms with van der Waals surface area (Å²) >= 11 is 0. The molecule has 3 rings (SSSR count). The lowest BCUT2D eigenvalue weighted by atomic mass is 9.85. The molecule has 2 heterocycles. The van der Waals surface area contributed by atoms with E-state index in [2.05, 4.69) is 30.9 Å². The summed E-state index contributed by atoms with van der Waals surface area (Å²) in [6, 6.07) is 4.28. The van der Waals surface area contributed by atoms with Crippen molar-refractivity contribution in [2.45, 2.75) is 45.6 Å². The van der Waals surface area contributed by atoms with Gasteiger partial charge in [0, 0.05) is 6.54 Å². The number of hydrogen-bond donors (Lipinski definition) is 0. The molecular weight excluding hydrogens is 302 g/mol. The summed E-state index contributed by atoms with van der Waals surface area (Å²) in [7, 11) is 3.40. The highest BCUT2D eigenvalue weighted by atomic mass is 16.5. The van der Waals surface area contributed by atoms with Crippen molar-refractivity contribution in [2.24, 2.45) is 5.41 Å². The number of piperidine rings is 1. The van der Waals surface area contributed by atoms with Crippen LogP contribution in [0.25, 0.3) is 0 Å². The van der Waals surface area contributed by atoms with Gasteiger partial charge in [-0.25, -0.2) is 0 Å². The molecule has 2 aliphatic heterocycles. The van der Waals surface area contributed by atoms with Gasteiger partial charge in [-0.3, -0.25) is 0 Å². The topological polar surface area (TPSA) is 30.9 Å². The van der Waals surface area contributed by atoms with E-state index in [0.717, 1.165) is 31.1 Å². The van der Waals surface area contributed by atoms with Gasteiger partial charge in [0.2, 0.25) is 0 Å².